The normalized spacial score (nSPS) is 15.0. The van der Waals surface area contributed by atoms with Crippen molar-refractivity contribution < 1.29 is 5.11 Å². The molecule has 0 aromatic heterocycles. The van der Waals surface area contributed by atoms with Crippen molar-refractivity contribution in [2.24, 2.45) is 11.8 Å². The molecule has 0 saturated carbocycles. The smallest absolute Gasteiger partial charge is 0.0433 e. The van der Waals surface area contributed by atoms with Crippen molar-refractivity contribution >= 4 is 0 Å². The highest BCUT2D eigenvalue weighted by Crippen LogP contribution is 2.19. The van der Waals surface area contributed by atoms with Crippen LogP contribution in [0, 0.1) is 11.8 Å². The van der Waals surface area contributed by atoms with Crippen LogP contribution in [0.2, 0.25) is 0 Å². The second-order valence-corrected chi connectivity index (χ2v) is 5.50. The molecule has 2 atom stereocenters. The van der Waals surface area contributed by atoms with Gasteiger partial charge in [0, 0.05) is 6.61 Å². The van der Waals surface area contributed by atoms with Gasteiger partial charge in [0.05, 0.1) is 0 Å². The fourth-order valence-corrected chi connectivity index (χ4v) is 2.24. The summed E-state index contributed by atoms with van der Waals surface area (Å²) >= 11 is 0. The highest BCUT2D eigenvalue weighted by Gasteiger charge is 2.05. The van der Waals surface area contributed by atoms with Gasteiger partial charge in [0.2, 0.25) is 0 Å². The molecule has 0 aliphatic carbocycles. The summed E-state index contributed by atoms with van der Waals surface area (Å²) in [5.41, 5.74) is 0. The van der Waals surface area contributed by atoms with Gasteiger partial charge in [-0.05, 0) is 18.3 Å². The first kappa shape index (κ1) is 16.0. The van der Waals surface area contributed by atoms with Crippen molar-refractivity contribution in [1.82, 2.24) is 0 Å². The zero-order valence-electron chi connectivity index (χ0n) is 11.7. The second kappa shape index (κ2) is 11.4. The molecule has 0 aliphatic heterocycles. The zero-order chi connectivity index (χ0) is 12.2. The predicted octanol–water partition coefficient (Wildman–Crippen LogP) is 4.78. The van der Waals surface area contributed by atoms with Crippen LogP contribution in [0.15, 0.2) is 0 Å². The molecule has 0 aliphatic rings. The third-order valence-electron chi connectivity index (χ3n) is 3.57. The number of aliphatic hydroxyl groups excluding tert-OH is 1. The fraction of sp³-hybridized carbons (Fsp3) is 1.00. The van der Waals surface area contributed by atoms with E-state index in [4.69, 9.17) is 5.11 Å². The van der Waals surface area contributed by atoms with Crippen molar-refractivity contribution in [1.29, 1.82) is 0 Å². The molecule has 0 spiro atoms. The standard InChI is InChI=1S/C15H32O/c1-4-5-6-7-9-14(2)10-8-11-15(3)12-13-16/h14-16H,4-13H2,1-3H3. The maximum absolute atomic E-state index is 8.81. The van der Waals surface area contributed by atoms with E-state index in [0.717, 1.165) is 12.3 Å². The summed E-state index contributed by atoms with van der Waals surface area (Å²) in [6.45, 7) is 7.27. The average Bonchev–Trinajstić information content (AvgIpc) is 2.25. The van der Waals surface area contributed by atoms with Gasteiger partial charge in [0.15, 0.2) is 0 Å². The average molecular weight is 228 g/mol. The lowest BCUT2D eigenvalue weighted by atomic mass is 9.93. The molecule has 1 nitrogen and oxygen atoms in total. The minimum absolute atomic E-state index is 0.355. The van der Waals surface area contributed by atoms with Gasteiger partial charge in [-0.15, -0.1) is 0 Å². The van der Waals surface area contributed by atoms with Crippen LogP contribution in [0.1, 0.15) is 78.6 Å². The van der Waals surface area contributed by atoms with E-state index in [0.29, 0.717) is 12.5 Å². The molecule has 0 aromatic carbocycles. The highest BCUT2D eigenvalue weighted by molar-refractivity contribution is 4.58. The van der Waals surface area contributed by atoms with Crippen LogP contribution in [0.5, 0.6) is 0 Å². The third-order valence-corrected chi connectivity index (χ3v) is 3.57. The van der Waals surface area contributed by atoms with Gasteiger partial charge in [-0.1, -0.05) is 72.1 Å². The molecule has 1 N–H and O–H groups in total. The van der Waals surface area contributed by atoms with Crippen LogP contribution in [0.25, 0.3) is 0 Å². The topological polar surface area (TPSA) is 20.2 Å². The summed E-state index contributed by atoms with van der Waals surface area (Å²) in [4.78, 5) is 0. The van der Waals surface area contributed by atoms with Gasteiger partial charge in [-0.2, -0.15) is 0 Å². The molecule has 0 aromatic rings. The molecule has 0 bridgehead atoms. The Morgan fingerprint density at radius 3 is 1.88 bits per heavy atom. The van der Waals surface area contributed by atoms with E-state index in [9.17, 15) is 0 Å². The molecule has 0 fully saturated rings. The minimum Gasteiger partial charge on any atom is -0.396 e. The number of unbranched alkanes of at least 4 members (excludes halogenated alkanes) is 3. The summed E-state index contributed by atoms with van der Waals surface area (Å²) in [7, 11) is 0. The van der Waals surface area contributed by atoms with Crippen molar-refractivity contribution in [3.8, 4) is 0 Å². The Hall–Kier alpha value is -0.0400. The Morgan fingerprint density at radius 2 is 1.31 bits per heavy atom. The summed E-state index contributed by atoms with van der Waals surface area (Å²) < 4.78 is 0. The molecule has 16 heavy (non-hydrogen) atoms. The lowest BCUT2D eigenvalue weighted by Gasteiger charge is -2.13. The lowest BCUT2D eigenvalue weighted by molar-refractivity contribution is 0.255. The Balaban J connectivity index is 3.26. The van der Waals surface area contributed by atoms with E-state index in [-0.39, 0.29) is 0 Å². The Morgan fingerprint density at radius 1 is 0.750 bits per heavy atom. The molecule has 98 valence electrons. The lowest BCUT2D eigenvalue weighted by Crippen LogP contribution is -2.00. The first-order valence-electron chi connectivity index (χ1n) is 7.31. The largest absolute Gasteiger partial charge is 0.396 e. The van der Waals surface area contributed by atoms with Crippen molar-refractivity contribution in [2.75, 3.05) is 6.61 Å². The van der Waals surface area contributed by atoms with E-state index in [1.165, 1.54) is 51.4 Å². The zero-order valence-corrected chi connectivity index (χ0v) is 11.7. The van der Waals surface area contributed by atoms with Crippen molar-refractivity contribution in [2.45, 2.75) is 78.6 Å². The van der Waals surface area contributed by atoms with Crippen LogP contribution in [0.4, 0.5) is 0 Å². The number of hydrogen-bond acceptors (Lipinski definition) is 1. The summed E-state index contributed by atoms with van der Waals surface area (Å²) in [6.07, 6.45) is 12.0. The molecule has 0 amide bonds. The summed E-state index contributed by atoms with van der Waals surface area (Å²) in [5.74, 6) is 1.61. The van der Waals surface area contributed by atoms with Gasteiger partial charge in [-0.25, -0.2) is 0 Å². The minimum atomic E-state index is 0.355. The van der Waals surface area contributed by atoms with Gasteiger partial charge >= 0.3 is 0 Å². The van der Waals surface area contributed by atoms with Crippen LogP contribution < -0.4 is 0 Å². The van der Waals surface area contributed by atoms with Gasteiger partial charge in [0.25, 0.3) is 0 Å². The van der Waals surface area contributed by atoms with Crippen LogP contribution in [-0.2, 0) is 0 Å². The van der Waals surface area contributed by atoms with E-state index < -0.39 is 0 Å². The maximum Gasteiger partial charge on any atom is 0.0433 e. The van der Waals surface area contributed by atoms with Gasteiger partial charge in [0.1, 0.15) is 0 Å². The molecule has 1 heteroatoms. The number of hydrogen-bond donors (Lipinski definition) is 1. The number of aliphatic hydroxyl groups is 1. The van der Waals surface area contributed by atoms with Crippen LogP contribution in [-0.4, -0.2) is 11.7 Å². The number of rotatable bonds is 11. The molecule has 0 saturated heterocycles. The SMILES string of the molecule is CCCCCCC(C)CCCC(C)CCO. The van der Waals surface area contributed by atoms with E-state index in [2.05, 4.69) is 20.8 Å². The van der Waals surface area contributed by atoms with Gasteiger partial charge < -0.3 is 5.11 Å². The first-order chi connectivity index (χ1) is 7.70. The molecule has 0 rings (SSSR count). The monoisotopic (exact) mass is 228 g/mol. The van der Waals surface area contributed by atoms with E-state index in [1.54, 1.807) is 0 Å². The third kappa shape index (κ3) is 10.5. The molecule has 0 heterocycles. The van der Waals surface area contributed by atoms with Crippen molar-refractivity contribution in [3.05, 3.63) is 0 Å². The van der Waals surface area contributed by atoms with Crippen LogP contribution >= 0.6 is 0 Å². The second-order valence-electron chi connectivity index (χ2n) is 5.50. The maximum atomic E-state index is 8.81. The Kier molecular flexibility index (Phi) is 11.4. The summed E-state index contributed by atoms with van der Waals surface area (Å²) in [5, 5.41) is 8.81. The summed E-state index contributed by atoms with van der Waals surface area (Å²) in [6, 6.07) is 0. The Labute approximate surface area is 103 Å². The molecular formula is C15H32O. The van der Waals surface area contributed by atoms with Crippen LogP contribution in [0.3, 0.4) is 0 Å². The fourth-order valence-electron chi connectivity index (χ4n) is 2.24. The molecule has 2 unspecified atom stereocenters. The first-order valence-corrected chi connectivity index (χ1v) is 7.31. The van der Waals surface area contributed by atoms with Crippen molar-refractivity contribution in [3.63, 3.8) is 0 Å². The quantitative estimate of drug-likeness (QED) is 0.504. The molecular weight excluding hydrogens is 196 g/mol. The Bertz CT molecular complexity index is 133. The van der Waals surface area contributed by atoms with E-state index in [1.807, 2.05) is 0 Å². The molecule has 0 radical (unpaired) electrons. The predicted molar refractivity (Wildman–Crippen MR) is 72.6 cm³/mol. The highest BCUT2D eigenvalue weighted by atomic mass is 16.3. The van der Waals surface area contributed by atoms with E-state index >= 15 is 0 Å². The van der Waals surface area contributed by atoms with Gasteiger partial charge in [-0.3, -0.25) is 0 Å².